The monoisotopic (exact) mass is 464 g/mol. The van der Waals surface area contributed by atoms with Gasteiger partial charge in [0, 0.05) is 4.91 Å². The molecule has 0 N–H and O–H groups in total. The predicted octanol–water partition coefficient (Wildman–Crippen LogP) is 3.34. The molecule has 0 aliphatic carbocycles. The van der Waals surface area contributed by atoms with E-state index in [0.717, 1.165) is 5.56 Å². The van der Waals surface area contributed by atoms with Gasteiger partial charge in [-0.1, -0.05) is 22.8 Å². The average molecular weight is 465 g/mol. The lowest BCUT2D eigenvalue weighted by Gasteiger charge is -2.31. The zero-order chi connectivity index (χ0) is 23.6. The first-order valence-electron chi connectivity index (χ1n) is 10.5. The molecule has 3 aliphatic rings. The summed E-state index contributed by atoms with van der Waals surface area (Å²) in [5.74, 6) is -0.963. The second-order valence-corrected chi connectivity index (χ2v) is 12.1. The Hall–Kier alpha value is -2.33. The fourth-order valence-electron chi connectivity index (χ4n) is 4.97. The smallest absolute Gasteiger partial charge is 0.411 e. The SMILES string of the molecule is Cc1ccc(S(=O)(=O)[C@@H]2[C@@H](N=[N+]=[N-])[C@@H]3[C@H]4OC(C)(C)O[C@H]4[C@H]2N3C(=O)OC(C)(C)C)cc1. The summed E-state index contributed by atoms with van der Waals surface area (Å²) in [5.41, 5.74) is 9.37. The molecular formula is C21H28N4O6S. The number of hydrogen-bond donors (Lipinski definition) is 0. The molecule has 11 heteroatoms. The molecule has 0 radical (unpaired) electrons. The highest BCUT2D eigenvalue weighted by atomic mass is 32.2. The van der Waals surface area contributed by atoms with Gasteiger partial charge in [0.05, 0.1) is 28.3 Å². The molecular weight excluding hydrogens is 436 g/mol. The topological polar surface area (TPSA) is 131 Å². The maximum atomic E-state index is 13.8. The van der Waals surface area contributed by atoms with Gasteiger partial charge in [0.15, 0.2) is 15.6 Å². The third-order valence-electron chi connectivity index (χ3n) is 6.00. The number of hydrogen-bond acceptors (Lipinski definition) is 7. The van der Waals surface area contributed by atoms with Crippen molar-refractivity contribution in [3.63, 3.8) is 0 Å². The fourth-order valence-corrected chi connectivity index (χ4v) is 7.03. The second kappa shape index (κ2) is 7.34. The Morgan fingerprint density at radius 2 is 1.72 bits per heavy atom. The number of amides is 1. The predicted molar refractivity (Wildman–Crippen MR) is 115 cm³/mol. The van der Waals surface area contributed by atoms with Crippen LogP contribution in [0.25, 0.3) is 10.4 Å². The normalized spacial score (nSPS) is 33.0. The van der Waals surface area contributed by atoms with Crippen LogP contribution in [0.1, 0.15) is 40.2 Å². The number of rotatable bonds is 3. The van der Waals surface area contributed by atoms with Crippen molar-refractivity contribution in [1.82, 2.24) is 4.90 Å². The molecule has 32 heavy (non-hydrogen) atoms. The Balaban J connectivity index is 1.84. The minimum Gasteiger partial charge on any atom is -0.444 e. The van der Waals surface area contributed by atoms with E-state index in [4.69, 9.17) is 14.2 Å². The summed E-state index contributed by atoms with van der Waals surface area (Å²) < 4.78 is 45.2. The van der Waals surface area contributed by atoms with E-state index in [0.29, 0.717) is 0 Å². The average Bonchev–Trinajstić information content (AvgIpc) is 3.24. The quantitative estimate of drug-likeness (QED) is 0.383. The molecule has 1 aromatic rings. The van der Waals surface area contributed by atoms with Crippen LogP contribution in [-0.4, -0.2) is 66.4 Å². The van der Waals surface area contributed by atoms with Gasteiger partial charge >= 0.3 is 6.09 Å². The lowest BCUT2D eigenvalue weighted by atomic mass is 9.90. The van der Waals surface area contributed by atoms with Crippen molar-refractivity contribution in [2.75, 3.05) is 0 Å². The standard InChI is InChI=1S/C21H28N4O6S/c1-11-7-9-12(10-8-11)32(27,28)18-13(23-24-22)14-16-17(30-21(5,6)29-16)15(18)25(14)19(26)31-20(2,3)4/h7-10,13-18H,1-6H3/t13-,14+,15+,16+,17-,18+/m0/s1. The Labute approximate surface area is 187 Å². The van der Waals surface area contributed by atoms with E-state index < -0.39 is 62.9 Å². The molecule has 1 amide bonds. The Kier molecular flexibility index (Phi) is 5.24. The number of aryl methyl sites for hydroxylation is 1. The van der Waals surface area contributed by atoms with Gasteiger partial charge in [-0.3, -0.25) is 4.90 Å². The van der Waals surface area contributed by atoms with Crippen molar-refractivity contribution in [3.8, 4) is 0 Å². The van der Waals surface area contributed by atoms with E-state index in [1.165, 1.54) is 17.0 Å². The van der Waals surface area contributed by atoms with Crippen LogP contribution in [0.2, 0.25) is 0 Å². The van der Waals surface area contributed by atoms with Crippen molar-refractivity contribution in [3.05, 3.63) is 40.3 Å². The molecule has 3 aliphatic heterocycles. The van der Waals surface area contributed by atoms with Crippen molar-refractivity contribution < 1.29 is 27.4 Å². The van der Waals surface area contributed by atoms with Gasteiger partial charge in [0.2, 0.25) is 0 Å². The fraction of sp³-hybridized carbons (Fsp3) is 0.667. The van der Waals surface area contributed by atoms with Crippen LogP contribution in [0.5, 0.6) is 0 Å². The summed E-state index contributed by atoms with van der Waals surface area (Å²) in [4.78, 5) is 17.5. The summed E-state index contributed by atoms with van der Waals surface area (Å²) in [7, 11) is -3.99. The van der Waals surface area contributed by atoms with Crippen LogP contribution in [0.15, 0.2) is 34.3 Å². The Morgan fingerprint density at radius 1 is 1.16 bits per heavy atom. The number of benzene rings is 1. The first kappa shape index (κ1) is 22.8. The maximum absolute atomic E-state index is 13.8. The van der Waals surface area contributed by atoms with E-state index in [-0.39, 0.29) is 4.90 Å². The number of carbonyl (C=O) groups is 1. The summed E-state index contributed by atoms with van der Waals surface area (Å²) in [6, 6.07) is 3.64. The van der Waals surface area contributed by atoms with Crippen molar-refractivity contribution >= 4 is 15.9 Å². The van der Waals surface area contributed by atoms with Crippen molar-refractivity contribution in [1.29, 1.82) is 0 Å². The Morgan fingerprint density at radius 3 is 2.25 bits per heavy atom. The van der Waals surface area contributed by atoms with Gasteiger partial charge in [-0.25, -0.2) is 13.2 Å². The molecule has 3 saturated heterocycles. The van der Waals surface area contributed by atoms with Crippen molar-refractivity contribution in [2.24, 2.45) is 5.11 Å². The van der Waals surface area contributed by atoms with E-state index in [9.17, 15) is 18.7 Å². The van der Waals surface area contributed by atoms with Crippen LogP contribution in [0.4, 0.5) is 4.79 Å². The molecule has 0 unspecified atom stereocenters. The minimum atomic E-state index is -3.99. The number of carbonyl (C=O) groups excluding carboxylic acids is 1. The molecule has 2 bridgehead atoms. The minimum absolute atomic E-state index is 0.0951. The van der Waals surface area contributed by atoms with Crippen LogP contribution in [-0.2, 0) is 24.0 Å². The summed E-state index contributed by atoms with van der Waals surface area (Å²) in [6.45, 7) is 10.5. The van der Waals surface area contributed by atoms with Gasteiger partial charge in [-0.15, -0.1) is 0 Å². The third kappa shape index (κ3) is 3.63. The molecule has 3 fully saturated rings. The zero-order valence-electron chi connectivity index (χ0n) is 18.9. The number of fused-ring (bicyclic) bond motifs is 5. The number of azide groups is 1. The van der Waals surface area contributed by atoms with Gasteiger partial charge in [0.1, 0.15) is 17.8 Å². The molecule has 3 heterocycles. The van der Waals surface area contributed by atoms with Crippen LogP contribution in [0.3, 0.4) is 0 Å². The second-order valence-electron chi connectivity index (χ2n) is 9.95. The number of sulfone groups is 1. The molecule has 0 saturated carbocycles. The van der Waals surface area contributed by atoms with E-state index in [1.54, 1.807) is 46.8 Å². The van der Waals surface area contributed by atoms with Gasteiger partial charge in [0.25, 0.3) is 0 Å². The van der Waals surface area contributed by atoms with Crippen LogP contribution < -0.4 is 0 Å². The largest absolute Gasteiger partial charge is 0.444 e. The molecule has 4 rings (SSSR count). The van der Waals surface area contributed by atoms with E-state index >= 15 is 0 Å². The van der Waals surface area contributed by atoms with E-state index in [1.807, 2.05) is 6.92 Å². The summed E-state index contributed by atoms with van der Waals surface area (Å²) >= 11 is 0. The summed E-state index contributed by atoms with van der Waals surface area (Å²) in [5, 5.41) is 2.65. The highest BCUT2D eigenvalue weighted by molar-refractivity contribution is 7.92. The lowest BCUT2D eigenvalue weighted by Crippen LogP contribution is -2.53. The van der Waals surface area contributed by atoms with Crippen molar-refractivity contribution in [2.45, 2.75) is 93.4 Å². The zero-order valence-corrected chi connectivity index (χ0v) is 19.7. The third-order valence-corrected chi connectivity index (χ3v) is 8.20. The number of ether oxygens (including phenoxy) is 3. The Bertz CT molecular complexity index is 1070. The van der Waals surface area contributed by atoms with Gasteiger partial charge in [-0.2, -0.15) is 0 Å². The number of nitrogens with zero attached hydrogens (tertiary/aromatic N) is 4. The van der Waals surface area contributed by atoms with E-state index in [2.05, 4.69) is 10.0 Å². The van der Waals surface area contributed by atoms with Gasteiger partial charge < -0.3 is 14.2 Å². The molecule has 1 aromatic carbocycles. The highest BCUT2D eigenvalue weighted by Crippen LogP contribution is 2.52. The van der Waals surface area contributed by atoms with Crippen LogP contribution >= 0.6 is 0 Å². The molecule has 10 nitrogen and oxygen atoms in total. The van der Waals surface area contributed by atoms with Crippen LogP contribution in [0, 0.1) is 6.92 Å². The maximum Gasteiger partial charge on any atom is 0.411 e. The first-order valence-corrected chi connectivity index (χ1v) is 12.0. The lowest BCUT2D eigenvalue weighted by molar-refractivity contribution is -0.161. The molecule has 174 valence electrons. The molecule has 0 spiro atoms. The highest BCUT2D eigenvalue weighted by Gasteiger charge is 2.72. The van der Waals surface area contributed by atoms with Gasteiger partial charge in [-0.05, 0) is 59.2 Å². The molecule has 6 atom stereocenters. The first-order chi connectivity index (χ1) is 14.8. The molecule has 0 aromatic heterocycles. The summed E-state index contributed by atoms with van der Waals surface area (Å²) in [6.07, 6.45) is -2.02.